The van der Waals surface area contributed by atoms with Gasteiger partial charge in [0.1, 0.15) is 11.2 Å². The molecule has 1 aliphatic carbocycles. The third kappa shape index (κ3) is 2.32. The zero-order chi connectivity index (χ0) is 18.0. The number of carbonyl (C=O) groups is 1. The van der Waals surface area contributed by atoms with E-state index < -0.39 is 17.2 Å². The summed E-state index contributed by atoms with van der Waals surface area (Å²) in [6.45, 7) is 1.50. The Labute approximate surface area is 148 Å². The summed E-state index contributed by atoms with van der Waals surface area (Å²) in [6, 6.07) is 1.82. The molecule has 4 fully saturated rings. The molecule has 0 radical (unpaired) electrons. The van der Waals surface area contributed by atoms with Gasteiger partial charge in [-0.15, -0.1) is 0 Å². The van der Waals surface area contributed by atoms with E-state index in [2.05, 4.69) is 10.3 Å². The largest absolute Gasteiger partial charge is 0.477 e. The van der Waals surface area contributed by atoms with Gasteiger partial charge in [-0.2, -0.15) is 0 Å². The van der Waals surface area contributed by atoms with E-state index in [9.17, 15) is 19.1 Å². The molecule has 1 saturated carbocycles. The van der Waals surface area contributed by atoms with E-state index in [4.69, 9.17) is 0 Å². The molecule has 0 amide bonds. The highest BCUT2D eigenvalue weighted by molar-refractivity contribution is 5.92. The molecule has 0 unspecified atom stereocenters. The van der Waals surface area contributed by atoms with Gasteiger partial charge in [0, 0.05) is 37.4 Å². The molecule has 5 heterocycles. The van der Waals surface area contributed by atoms with Crippen LogP contribution in [0.3, 0.4) is 0 Å². The van der Waals surface area contributed by atoms with E-state index in [1.165, 1.54) is 12.3 Å². The minimum atomic E-state index is -1.30. The van der Waals surface area contributed by atoms with E-state index >= 15 is 0 Å². The molecule has 3 aliphatic heterocycles. The van der Waals surface area contributed by atoms with Gasteiger partial charge in [0.25, 0.3) is 0 Å². The summed E-state index contributed by atoms with van der Waals surface area (Å²) in [7, 11) is 0. The normalized spacial score (nSPS) is 25.0. The highest BCUT2D eigenvalue weighted by Gasteiger charge is 2.36. The zero-order valence-corrected chi connectivity index (χ0v) is 14.1. The molecule has 136 valence electrons. The number of nitrogens with one attached hydrogen (secondary N) is 1. The van der Waals surface area contributed by atoms with Crippen molar-refractivity contribution in [1.82, 2.24) is 14.9 Å². The minimum absolute atomic E-state index is 0.0401. The molecule has 2 aromatic heterocycles. The van der Waals surface area contributed by atoms with Crippen LogP contribution in [0.5, 0.6) is 0 Å². The number of aromatic nitrogens is 2. The third-order valence-electron chi connectivity index (χ3n) is 5.73. The Morgan fingerprint density at radius 3 is 2.62 bits per heavy atom. The van der Waals surface area contributed by atoms with Crippen LogP contribution in [0.15, 0.2) is 17.1 Å². The summed E-state index contributed by atoms with van der Waals surface area (Å²) < 4.78 is 16.6. The number of hydrogen-bond donors (Lipinski definition) is 2. The van der Waals surface area contributed by atoms with E-state index in [-0.39, 0.29) is 28.9 Å². The summed E-state index contributed by atoms with van der Waals surface area (Å²) in [6.07, 6.45) is 5.24. The molecule has 6 rings (SSSR count). The predicted octanol–water partition coefficient (Wildman–Crippen LogP) is 1.51. The first kappa shape index (κ1) is 15.7. The van der Waals surface area contributed by atoms with E-state index in [0.29, 0.717) is 18.2 Å². The Kier molecular flexibility index (Phi) is 3.34. The number of carboxylic acids is 1. The van der Waals surface area contributed by atoms with Gasteiger partial charge in [0.15, 0.2) is 11.6 Å². The molecule has 3 saturated heterocycles. The molecule has 2 atom stereocenters. The lowest BCUT2D eigenvalue weighted by Gasteiger charge is -2.46. The number of aromatic carboxylic acids is 1. The number of fused-ring (bicyclic) bond motifs is 4. The number of piperazine rings is 1. The van der Waals surface area contributed by atoms with Crippen LogP contribution in [0.2, 0.25) is 0 Å². The average Bonchev–Trinajstić information content (AvgIpc) is 3.48. The summed E-state index contributed by atoms with van der Waals surface area (Å²) in [4.78, 5) is 30.4. The Bertz CT molecular complexity index is 977. The standard InChI is InChI=1S/C18H19FN4O3/c19-14-5-12-15(24)13(18(25)26)8-23(10-3-4-10)16(12)21-17(14)22-7-9-1-2-11(22)6-20-9/h5,8-11,20H,1-4,6-7H2,(H,25,26)/t9-,11-/m1/s1. The Morgan fingerprint density at radius 1 is 1.27 bits per heavy atom. The average molecular weight is 358 g/mol. The van der Waals surface area contributed by atoms with Crippen molar-refractivity contribution in [2.24, 2.45) is 0 Å². The maximum atomic E-state index is 14.9. The van der Waals surface area contributed by atoms with Crippen LogP contribution in [0.25, 0.3) is 11.0 Å². The predicted molar refractivity (Wildman–Crippen MR) is 93.4 cm³/mol. The quantitative estimate of drug-likeness (QED) is 0.865. The van der Waals surface area contributed by atoms with Crippen LogP contribution >= 0.6 is 0 Å². The van der Waals surface area contributed by atoms with Crippen molar-refractivity contribution in [3.05, 3.63) is 33.9 Å². The lowest BCUT2D eigenvalue weighted by Crippen LogP contribution is -2.61. The number of halogens is 1. The molecule has 0 aromatic carbocycles. The molecule has 2 bridgehead atoms. The van der Waals surface area contributed by atoms with Crippen molar-refractivity contribution in [3.8, 4) is 0 Å². The Hall–Kier alpha value is -2.48. The van der Waals surface area contributed by atoms with Crippen LogP contribution in [0, 0.1) is 5.82 Å². The summed E-state index contributed by atoms with van der Waals surface area (Å²) >= 11 is 0. The lowest BCUT2D eigenvalue weighted by molar-refractivity contribution is 0.0695. The van der Waals surface area contributed by atoms with E-state index in [1.54, 1.807) is 4.57 Å². The monoisotopic (exact) mass is 358 g/mol. The van der Waals surface area contributed by atoms with E-state index in [0.717, 1.165) is 32.2 Å². The molecule has 8 heteroatoms. The van der Waals surface area contributed by atoms with Crippen molar-refractivity contribution < 1.29 is 14.3 Å². The van der Waals surface area contributed by atoms with Crippen molar-refractivity contribution in [2.75, 3.05) is 18.0 Å². The fraction of sp³-hybridized carbons (Fsp3) is 0.500. The number of pyridine rings is 2. The van der Waals surface area contributed by atoms with Crippen LogP contribution < -0.4 is 15.6 Å². The second-order valence-corrected chi connectivity index (χ2v) is 7.47. The van der Waals surface area contributed by atoms with Crippen molar-refractivity contribution in [3.63, 3.8) is 0 Å². The lowest BCUT2D eigenvalue weighted by atomic mass is 9.93. The first-order valence-corrected chi connectivity index (χ1v) is 9.01. The van der Waals surface area contributed by atoms with Gasteiger partial charge in [-0.25, -0.2) is 14.2 Å². The van der Waals surface area contributed by atoms with Gasteiger partial charge in [-0.3, -0.25) is 4.79 Å². The number of anilines is 1. The second kappa shape index (κ2) is 5.51. The minimum Gasteiger partial charge on any atom is -0.477 e. The van der Waals surface area contributed by atoms with Gasteiger partial charge in [-0.1, -0.05) is 0 Å². The summed E-state index contributed by atoms with van der Waals surface area (Å²) in [5.41, 5.74) is -0.628. The fourth-order valence-electron chi connectivity index (χ4n) is 4.19. The Morgan fingerprint density at radius 2 is 2.04 bits per heavy atom. The van der Waals surface area contributed by atoms with E-state index in [1.807, 2.05) is 4.90 Å². The smallest absolute Gasteiger partial charge is 0.341 e. The highest BCUT2D eigenvalue weighted by atomic mass is 19.1. The number of hydrogen-bond acceptors (Lipinski definition) is 5. The number of nitrogens with zero attached hydrogens (tertiary/aromatic N) is 3. The first-order chi connectivity index (χ1) is 12.5. The fourth-order valence-corrected chi connectivity index (χ4v) is 4.19. The SMILES string of the molecule is O=C(O)c1cn(C2CC2)c2nc(N3C[C@H]4CC[C@@H]3CN4)c(F)cc2c1=O. The van der Waals surface area contributed by atoms with Gasteiger partial charge >= 0.3 is 5.97 Å². The molecule has 7 nitrogen and oxygen atoms in total. The first-order valence-electron chi connectivity index (χ1n) is 9.01. The van der Waals surface area contributed by atoms with Crippen molar-refractivity contribution in [2.45, 2.75) is 43.8 Å². The van der Waals surface area contributed by atoms with Gasteiger partial charge in [0.05, 0.1) is 5.39 Å². The number of piperidine rings is 2. The Balaban J connectivity index is 1.71. The summed E-state index contributed by atoms with van der Waals surface area (Å²) in [5.74, 6) is -1.59. The van der Waals surface area contributed by atoms with Gasteiger partial charge in [-0.05, 0) is 31.7 Å². The van der Waals surface area contributed by atoms with Crippen LogP contribution in [0.4, 0.5) is 10.2 Å². The second-order valence-electron chi connectivity index (χ2n) is 7.47. The molecule has 26 heavy (non-hydrogen) atoms. The van der Waals surface area contributed by atoms with Crippen molar-refractivity contribution >= 4 is 22.8 Å². The maximum absolute atomic E-state index is 14.9. The van der Waals surface area contributed by atoms with Crippen LogP contribution in [-0.2, 0) is 0 Å². The van der Waals surface area contributed by atoms with Gasteiger partial charge < -0.3 is 19.9 Å². The van der Waals surface area contributed by atoms with Gasteiger partial charge in [0.2, 0.25) is 5.43 Å². The number of carboxylic acid groups (broad SMARTS) is 1. The van der Waals surface area contributed by atoms with Crippen LogP contribution in [0.1, 0.15) is 42.1 Å². The molecular formula is C18H19FN4O3. The highest BCUT2D eigenvalue weighted by Crippen LogP contribution is 2.37. The van der Waals surface area contributed by atoms with Crippen molar-refractivity contribution in [1.29, 1.82) is 0 Å². The summed E-state index contributed by atoms with van der Waals surface area (Å²) in [5, 5.41) is 12.8. The molecular weight excluding hydrogens is 339 g/mol. The number of rotatable bonds is 3. The molecule has 2 aromatic rings. The molecule has 4 aliphatic rings. The van der Waals surface area contributed by atoms with Crippen LogP contribution in [-0.4, -0.2) is 45.8 Å². The molecule has 2 N–H and O–H groups in total. The maximum Gasteiger partial charge on any atom is 0.341 e. The topological polar surface area (TPSA) is 87.5 Å². The third-order valence-corrected chi connectivity index (χ3v) is 5.73. The zero-order valence-electron chi connectivity index (χ0n) is 14.1. The molecule has 0 spiro atoms.